The molecule has 0 aliphatic heterocycles. The van der Waals surface area contributed by atoms with Crippen molar-refractivity contribution in [3.8, 4) is 11.5 Å². The molecular weight excluding hydrogens is 360 g/mol. The Kier molecular flexibility index (Phi) is 6.01. The average molecular weight is 382 g/mol. The lowest BCUT2D eigenvalue weighted by Gasteiger charge is -2.17. The number of fused-ring (bicyclic) bond motifs is 1. The van der Waals surface area contributed by atoms with Gasteiger partial charge in [0.1, 0.15) is 11.5 Å². The zero-order chi connectivity index (χ0) is 19.4. The van der Waals surface area contributed by atoms with Crippen LogP contribution >= 0.6 is 11.8 Å². The first-order valence-corrected chi connectivity index (χ1v) is 9.95. The highest BCUT2D eigenvalue weighted by Gasteiger charge is 2.31. The van der Waals surface area contributed by atoms with Crippen molar-refractivity contribution in [1.82, 2.24) is 0 Å². The summed E-state index contributed by atoms with van der Waals surface area (Å²) in [4.78, 5) is 26.1. The second-order valence-corrected chi connectivity index (χ2v) is 7.73. The second-order valence-electron chi connectivity index (χ2n) is 6.61. The van der Waals surface area contributed by atoms with Crippen molar-refractivity contribution in [3.05, 3.63) is 64.1 Å². The predicted octanol–water partition coefficient (Wildman–Crippen LogP) is 5.28. The molecule has 0 saturated carbocycles. The molecule has 2 aromatic carbocycles. The Bertz CT molecular complexity index is 897. The molecule has 0 heterocycles. The van der Waals surface area contributed by atoms with E-state index in [9.17, 15) is 19.8 Å². The van der Waals surface area contributed by atoms with Gasteiger partial charge in [-0.15, -0.1) is 0 Å². The van der Waals surface area contributed by atoms with E-state index in [2.05, 4.69) is 6.92 Å². The van der Waals surface area contributed by atoms with E-state index in [0.717, 1.165) is 17.7 Å². The topological polar surface area (TPSA) is 74.6 Å². The number of unbranched alkanes of at least 4 members (excludes halogenated alkanes) is 3. The van der Waals surface area contributed by atoms with Gasteiger partial charge in [0.25, 0.3) is 0 Å². The standard InChI is InChI=1S/C22H22O4S/c1-2-3-4-5-6-14-7-9-15(10-8-14)27-19-13-18(25)20-16(23)11-12-17(24)21(20)22(19)26/h7-13,23-24H,2-6H2,1H3. The van der Waals surface area contributed by atoms with E-state index >= 15 is 0 Å². The smallest absolute Gasteiger partial charge is 0.204 e. The van der Waals surface area contributed by atoms with Crippen LogP contribution < -0.4 is 0 Å². The molecule has 27 heavy (non-hydrogen) atoms. The number of thioether (sulfide) groups is 1. The summed E-state index contributed by atoms with van der Waals surface area (Å²) in [5.41, 5.74) is 0.993. The molecule has 3 rings (SSSR count). The van der Waals surface area contributed by atoms with Crippen LogP contribution in [0.25, 0.3) is 0 Å². The van der Waals surface area contributed by atoms with Crippen molar-refractivity contribution in [2.24, 2.45) is 0 Å². The molecule has 0 amide bonds. The molecule has 0 atom stereocenters. The van der Waals surface area contributed by atoms with E-state index in [0.29, 0.717) is 0 Å². The van der Waals surface area contributed by atoms with Gasteiger partial charge in [-0.25, -0.2) is 0 Å². The third-order valence-corrected chi connectivity index (χ3v) is 5.62. The molecule has 4 nitrogen and oxygen atoms in total. The minimum Gasteiger partial charge on any atom is -0.507 e. The molecule has 1 aliphatic rings. The van der Waals surface area contributed by atoms with E-state index < -0.39 is 11.6 Å². The van der Waals surface area contributed by atoms with Crippen molar-refractivity contribution in [3.63, 3.8) is 0 Å². The number of Topliss-reactive ketones (excluding diaryl/α,β-unsaturated/α-hetero) is 1. The van der Waals surface area contributed by atoms with Gasteiger partial charge in [0.05, 0.1) is 16.0 Å². The molecule has 2 N–H and O–H groups in total. The van der Waals surface area contributed by atoms with Crippen LogP contribution in [-0.4, -0.2) is 21.8 Å². The van der Waals surface area contributed by atoms with Crippen LogP contribution in [0.3, 0.4) is 0 Å². The van der Waals surface area contributed by atoms with Crippen molar-refractivity contribution < 1.29 is 19.8 Å². The number of allylic oxidation sites excluding steroid dienone is 2. The van der Waals surface area contributed by atoms with Gasteiger partial charge in [-0.1, -0.05) is 50.1 Å². The Labute approximate surface area is 162 Å². The van der Waals surface area contributed by atoms with Crippen LogP contribution in [0.5, 0.6) is 11.5 Å². The first-order chi connectivity index (χ1) is 13.0. The normalized spacial score (nSPS) is 13.4. The summed E-state index contributed by atoms with van der Waals surface area (Å²) in [6.07, 6.45) is 7.12. The maximum absolute atomic E-state index is 12.7. The number of carbonyl (C=O) groups excluding carboxylic acids is 2. The Morgan fingerprint density at radius 2 is 1.52 bits per heavy atom. The highest BCUT2D eigenvalue weighted by atomic mass is 32.2. The summed E-state index contributed by atoms with van der Waals surface area (Å²) >= 11 is 1.19. The van der Waals surface area contributed by atoms with E-state index in [1.807, 2.05) is 24.3 Å². The summed E-state index contributed by atoms with van der Waals surface area (Å²) in [5.74, 6) is -1.52. The van der Waals surface area contributed by atoms with Crippen LogP contribution in [0, 0.1) is 0 Å². The maximum atomic E-state index is 12.7. The molecule has 0 spiro atoms. The number of hydrogen-bond acceptors (Lipinski definition) is 5. The maximum Gasteiger partial charge on any atom is 0.204 e. The molecule has 0 radical (unpaired) electrons. The average Bonchev–Trinajstić information content (AvgIpc) is 2.66. The number of aromatic hydroxyl groups is 2. The first-order valence-electron chi connectivity index (χ1n) is 9.13. The Balaban J connectivity index is 1.74. The SMILES string of the molecule is CCCCCCc1ccc(SC2=CC(=O)c3c(O)ccc(O)c3C2=O)cc1. The van der Waals surface area contributed by atoms with Crippen LogP contribution in [0.2, 0.25) is 0 Å². The summed E-state index contributed by atoms with van der Waals surface area (Å²) in [6.45, 7) is 2.19. The number of ketones is 2. The zero-order valence-corrected chi connectivity index (χ0v) is 16.0. The quantitative estimate of drug-likeness (QED) is 0.504. The fourth-order valence-corrected chi connectivity index (χ4v) is 4.01. The summed E-state index contributed by atoms with van der Waals surface area (Å²) in [6, 6.07) is 10.4. The van der Waals surface area contributed by atoms with Crippen molar-refractivity contribution in [2.45, 2.75) is 43.9 Å². The largest absolute Gasteiger partial charge is 0.507 e. The van der Waals surface area contributed by atoms with Gasteiger partial charge in [0, 0.05) is 11.0 Å². The molecule has 0 unspecified atom stereocenters. The fraction of sp³-hybridized carbons (Fsp3) is 0.273. The molecule has 2 aromatic rings. The van der Waals surface area contributed by atoms with Gasteiger partial charge in [-0.05, 0) is 42.7 Å². The van der Waals surface area contributed by atoms with Gasteiger partial charge in [0.15, 0.2) is 5.78 Å². The molecule has 5 heteroatoms. The third-order valence-electron chi connectivity index (χ3n) is 4.59. The summed E-state index contributed by atoms with van der Waals surface area (Å²) in [7, 11) is 0. The predicted molar refractivity (Wildman–Crippen MR) is 107 cm³/mol. The molecule has 1 aliphatic carbocycles. The number of aryl methyl sites for hydroxylation is 1. The molecule has 140 valence electrons. The number of phenols is 2. The number of phenolic OH excluding ortho intramolecular Hbond substituents is 2. The van der Waals surface area contributed by atoms with Crippen LogP contribution in [0.15, 0.2) is 52.3 Å². The van der Waals surface area contributed by atoms with Gasteiger partial charge in [-0.2, -0.15) is 0 Å². The highest BCUT2D eigenvalue weighted by molar-refractivity contribution is 8.04. The molecule has 0 fully saturated rings. The van der Waals surface area contributed by atoms with Crippen LogP contribution in [0.1, 0.15) is 58.9 Å². The van der Waals surface area contributed by atoms with Gasteiger partial charge in [0.2, 0.25) is 5.78 Å². The van der Waals surface area contributed by atoms with Crippen LogP contribution in [-0.2, 0) is 6.42 Å². The molecule has 0 aromatic heterocycles. The van der Waals surface area contributed by atoms with Crippen molar-refractivity contribution >= 4 is 23.3 Å². The first kappa shape index (κ1) is 19.2. The highest BCUT2D eigenvalue weighted by Crippen LogP contribution is 2.39. The molecular formula is C22H22O4S. The number of rotatable bonds is 7. The minimum absolute atomic E-state index is 0.127. The zero-order valence-electron chi connectivity index (χ0n) is 15.2. The lowest BCUT2D eigenvalue weighted by molar-refractivity contribution is 0.0986. The minimum atomic E-state index is -0.479. The van der Waals surface area contributed by atoms with E-state index in [4.69, 9.17) is 0 Å². The van der Waals surface area contributed by atoms with Crippen LogP contribution in [0.4, 0.5) is 0 Å². The van der Waals surface area contributed by atoms with E-state index in [1.165, 1.54) is 54.8 Å². The summed E-state index contributed by atoms with van der Waals surface area (Å²) in [5, 5.41) is 19.8. The number of carbonyl (C=O) groups is 2. The number of benzene rings is 2. The van der Waals surface area contributed by atoms with Crippen molar-refractivity contribution in [2.75, 3.05) is 0 Å². The second kappa shape index (κ2) is 8.44. The van der Waals surface area contributed by atoms with Crippen molar-refractivity contribution in [1.29, 1.82) is 0 Å². The Morgan fingerprint density at radius 1 is 0.852 bits per heavy atom. The van der Waals surface area contributed by atoms with E-state index in [1.54, 1.807) is 0 Å². The lowest BCUT2D eigenvalue weighted by atomic mass is 9.93. The van der Waals surface area contributed by atoms with Gasteiger partial charge < -0.3 is 10.2 Å². The fourth-order valence-electron chi connectivity index (χ4n) is 3.12. The summed E-state index contributed by atoms with van der Waals surface area (Å²) < 4.78 is 0. The van der Waals surface area contributed by atoms with Gasteiger partial charge in [-0.3, -0.25) is 9.59 Å². The van der Waals surface area contributed by atoms with Gasteiger partial charge >= 0.3 is 0 Å². The molecule has 0 saturated heterocycles. The third kappa shape index (κ3) is 4.25. The number of hydrogen-bond donors (Lipinski definition) is 2. The Morgan fingerprint density at radius 3 is 2.19 bits per heavy atom. The monoisotopic (exact) mass is 382 g/mol. The Hall–Kier alpha value is -2.53. The molecule has 0 bridgehead atoms. The lowest BCUT2D eigenvalue weighted by Crippen LogP contribution is -2.16. The van der Waals surface area contributed by atoms with E-state index in [-0.39, 0.29) is 27.5 Å².